The quantitative estimate of drug-likeness (QED) is 0.411. The number of anilines is 1. The molecular weight excluding hydrogens is 334 g/mol. The molecule has 8 nitrogen and oxygen atoms in total. The van der Waals surface area contributed by atoms with Crippen LogP contribution >= 0.6 is 0 Å². The SMILES string of the molecule is O=S(=O)(O)CCCCN1CCc2c([nH]c3ccc(N([O-])O)cc23)C1. The number of unbranched alkanes of at least 4 members (excludes halogenated alkanes) is 1. The topological polar surface area (TPSA) is 120 Å². The fourth-order valence-corrected chi connectivity index (χ4v) is 3.78. The average molecular weight is 354 g/mol. The van der Waals surface area contributed by atoms with Gasteiger partial charge in [-0.15, -0.1) is 0 Å². The Balaban J connectivity index is 1.67. The van der Waals surface area contributed by atoms with Crippen molar-refractivity contribution >= 4 is 26.7 Å². The van der Waals surface area contributed by atoms with Crippen molar-refractivity contribution in [1.29, 1.82) is 0 Å². The van der Waals surface area contributed by atoms with E-state index in [2.05, 4.69) is 9.88 Å². The number of nitrogens with one attached hydrogen (secondary N) is 1. The molecule has 0 bridgehead atoms. The zero-order valence-electron chi connectivity index (χ0n) is 13.1. The first-order chi connectivity index (χ1) is 11.3. The lowest BCUT2D eigenvalue weighted by atomic mass is 10.0. The minimum atomic E-state index is -3.88. The van der Waals surface area contributed by atoms with Crippen LogP contribution in [-0.4, -0.2) is 46.9 Å². The summed E-state index contributed by atoms with van der Waals surface area (Å²) in [5.74, 6) is -0.200. The van der Waals surface area contributed by atoms with E-state index in [-0.39, 0.29) is 16.7 Å². The summed E-state index contributed by atoms with van der Waals surface area (Å²) in [5.41, 5.74) is 3.37. The van der Waals surface area contributed by atoms with Crippen LogP contribution in [0.1, 0.15) is 24.1 Å². The fourth-order valence-electron chi connectivity index (χ4n) is 3.21. The fraction of sp³-hybridized carbons (Fsp3) is 0.467. The summed E-state index contributed by atoms with van der Waals surface area (Å²) in [6, 6.07) is 5.02. The van der Waals surface area contributed by atoms with Crippen LogP contribution in [0.15, 0.2) is 18.2 Å². The van der Waals surface area contributed by atoms with Crippen LogP contribution in [0.4, 0.5) is 5.69 Å². The molecule has 0 radical (unpaired) electrons. The van der Waals surface area contributed by atoms with Crippen molar-refractivity contribution in [3.05, 3.63) is 34.7 Å². The number of benzene rings is 1. The maximum absolute atomic E-state index is 11.0. The highest BCUT2D eigenvalue weighted by Crippen LogP contribution is 2.30. The van der Waals surface area contributed by atoms with Crippen LogP contribution < -0.4 is 5.23 Å². The van der Waals surface area contributed by atoms with Gasteiger partial charge in [0.25, 0.3) is 10.1 Å². The lowest BCUT2D eigenvalue weighted by molar-refractivity contribution is 0.248. The molecule has 9 heteroatoms. The maximum Gasteiger partial charge on any atom is 0.264 e. The molecule has 0 aliphatic carbocycles. The van der Waals surface area contributed by atoms with E-state index in [4.69, 9.17) is 9.76 Å². The molecule has 1 aliphatic heterocycles. The van der Waals surface area contributed by atoms with Gasteiger partial charge in [-0.2, -0.15) is 8.42 Å². The zero-order valence-corrected chi connectivity index (χ0v) is 13.9. The van der Waals surface area contributed by atoms with E-state index in [0.717, 1.165) is 48.2 Å². The second-order valence-corrected chi connectivity index (χ2v) is 7.68. The van der Waals surface area contributed by atoms with Gasteiger partial charge in [-0.1, -0.05) is 0 Å². The van der Waals surface area contributed by atoms with Crippen LogP contribution in [0, 0.1) is 5.21 Å². The summed E-state index contributed by atoms with van der Waals surface area (Å²) in [4.78, 5) is 5.58. The predicted molar refractivity (Wildman–Crippen MR) is 90.6 cm³/mol. The van der Waals surface area contributed by atoms with Gasteiger partial charge in [0.15, 0.2) is 0 Å². The molecule has 0 spiro atoms. The van der Waals surface area contributed by atoms with Crippen LogP contribution in [0.5, 0.6) is 0 Å². The smallest absolute Gasteiger partial charge is 0.264 e. The average Bonchev–Trinajstić information content (AvgIpc) is 2.87. The summed E-state index contributed by atoms with van der Waals surface area (Å²) < 4.78 is 30.2. The molecule has 1 aromatic heterocycles. The van der Waals surface area contributed by atoms with E-state index in [1.807, 2.05) is 0 Å². The van der Waals surface area contributed by atoms with Gasteiger partial charge in [0, 0.05) is 29.7 Å². The minimum absolute atomic E-state index is 0.136. The first-order valence-electron chi connectivity index (χ1n) is 7.80. The molecule has 2 aromatic rings. The second kappa shape index (κ2) is 6.69. The van der Waals surface area contributed by atoms with Gasteiger partial charge in [-0.3, -0.25) is 14.7 Å². The van der Waals surface area contributed by atoms with Crippen molar-refractivity contribution in [1.82, 2.24) is 9.88 Å². The number of nitrogens with zero attached hydrogens (tertiary/aromatic N) is 2. The molecule has 0 saturated carbocycles. The second-order valence-electron chi connectivity index (χ2n) is 6.10. The van der Waals surface area contributed by atoms with E-state index in [1.165, 1.54) is 0 Å². The first kappa shape index (κ1) is 17.2. The number of aromatic amines is 1. The standard InChI is InChI=1S/C15H20N3O5S/c19-18(20)11-3-4-14-13(9-11)12-5-7-17(10-15(12)16-14)6-1-2-8-24(21,22)23/h3-4,9,16,19H,1-2,5-8,10H2,(H,21,22,23)/q-1. The van der Waals surface area contributed by atoms with E-state index in [1.54, 1.807) is 18.2 Å². The van der Waals surface area contributed by atoms with Crippen LogP contribution in [-0.2, 0) is 23.1 Å². The van der Waals surface area contributed by atoms with Gasteiger partial charge < -0.3 is 15.4 Å². The van der Waals surface area contributed by atoms with Gasteiger partial charge >= 0.3 is 0 Å². The Morgan fingerprint density at radius 2 is 2.12 bits per heavy atom. The van der Waals surface area contributed by atoms with Crippen LogP contribution in [0.2, 0.25) is 0 Å². The van der Waals surface area contributed by atoms with Gasteiger partial charge in [0.1, 0.15) is 0 Å². The summed E-state index contributed by atoms with van der Waals surface area (Å²) >= 11 is 0. The van der Waals surface area contributed by atoms with Gasteiger partial charge in [0.05, 0.1) is 11.4 Å². The zero-order chi connectivity index (χ0) is 17.3. The Bertz CT molecular complexity index is 831. The Labute approximate surface area is 140 Å². The molecule has 0 saturated heterocycles. The molecule has 1 aliphatic rings. The van der Waals surface area contributed by atoms with Gasteiger partial charge in [0.2, 0.25) is 0 Å². The van der Waals surface area contributed by atoms with Crippen molar-refractivity contribution in [2.24, 2.45) is 0 Å². The summed E-state index contributed by atoms with van der Waals surface area (Å²) in [6.07, 6.45) is 1.96. The number of fused-ring (bicyclic) bond motifs is 3. The Hall–Kier alpha value is -1.65. The highest BCUT2D eigenvalue weighted by molar-refractivity contribution is 7.85. The summed E-state index contributed by atoms with van der Waals surface area (Å²) in [7, 11) is -3.88. The van der Waals surface area contributed by atoms with Crippen molar-refractivity contribution in [3.8, 4) is 0 Å². The molecule has 0 unspecified atom stereocenters. The van der Waals surface area contributed by atoms with E-state index in [9.17, 15) is 13.6 Å². The van der Waals surface area contributed by atoms with Crippen LogP contribution in [0.3, 0.4) is 0 Å². The monoisotopic (exact) mass is 354 g/mol. The molecule has 0 amide bonds. The highest BCUT2D eigenvalue weighted by atomic mass is 32.2. The van der Waals surface area contributed by atoms with E-state index >= 15 is 0 Å². The Morgan fingerprint density at radius 3 is 2.83 bits per heavy atom. The molecule has 1 aromatic carbocycles. The van der Waals surface area contributed by atoms with Crippen molar-refractivity contribution in [2.45, 2.75) is 25.8 Å². The number of rotatable bonds is 6. The molecular formula is C15H20N3O5S-. The number of H-pyrrole nitrogens is 1. The Kier molecular flexibility index (Phi) is 4.79. The lowest BCUT2D eigenvalue weighted by Crippen LogP contribution is -2.31. The van der Waals surface area contributed by atoms with Crippen molar-refractivity contribution < 1.29 is 18.2 Å². The molecule has 0 atom stereocenters. The normalized spacial score (nSPS) is 15.6. The Morgan fingerprint density at radius 1 is 1.33 bits per heavy atom. The molecule has 3 rings (SSSR count). The molecule has 0 fully saturated rings. The number of aromatic nitrogens is 1. The van der Waals surface area contributed by atoms with Crippen molar-refractivity contribution in [3.63, 3.8) is 0 Å². The van der Waals surface area contributed by atoms with Crippen molar-refractivity contribution in [2.75, 3.05) is 24.1 Å². The third kappa shape index (κ3) is 3.87. The third-order valence-corrected chi connectivity index (χ3v) is 5.19. The lowest BCUT2D eigenvalue weighted by Gasteiger charge is -2.27. The van der Waals surface area contributed by atoms with Crippen LogP contribution in [0.25, 0.3) is 10.9 Å². The largest absolute Gasteiger partial charge is 0.733 e. The number of hydrogen-bond acceptors (Lipinski definition) is 6. The molecule has 24 heavy (non-hydrogen) atoms. The molecule has 3 N–H and O–H groups in total. The van der Waals surface area contributed by atoms with E-state index < -0.39 is 10.1 Å². The highest BCUT2D eigenvalue weighted by Gasteiger charge is 2.20. The van der Waals surface area contributed by atoms with Gasteiger partial charge in [-0.05, 0) is 49.6 Å². The third-order valence-electron chi connectivity index (χ3n) is 4.39. The summed E-state index contributed by atoms with van der Waals surface area (Å²) in [5, 5.41) is 20.9. The maximum atomic E-state index is 11.0. The summed E-state index contributed by atoms with van der Waals surface area (Å²) in [6.45, 7) is 2.34. The van der Waals surface area contributed by atoms with Gasteiger partial charge in [-0.25, -0.2) is 0 Å². The number of hydrogen-bond donors (Lipinski definition) is 3. The first-order valence-corrected chi connectivity index (χ1v) is 9.41. The predicted octanol–water partition coefficient (Wildman–Crippen LogP) is 1.89. The molecule has 132 valence electrons. The van der Waals surface area contributed by atoms with E-state index in [0.29, 0.717) is 12.8 Å². The molecule has 2 heterocycles. The minimum Gasteiger partial charge on any atom is -0.733 e.